The highest BCUT2D eigenvalue weighted by Crippen LogP contribution is 2.27. The fourth-order valence-corrected chi connectivity index (χ4v) is 1.12. The molecule has 16 heavy (non-hydrogen) atoms. The van der Waals surface area contributed by atoms with Crippen LogP contribution in [0.3, 0.4) is 0 Å². The minimum atomic E-state index is -1.08. The molecule has 6 nitrogen and oxygen atoms in total. The number of hydrogen-bond donors (Lipinski definition) is 0. The molecule has 0 N–H and O–H groups in total. The van der Waals surface area contributed by atoms with Crippen LogP contribution < -0.4 is 0 Å². The Labute approximate surface area is 90.1 Å². The summed E-state index contributed by atoms with van der Waals surface area (Å²) in [6.07, 6.45) is 2.84. The number of carbonyl (C=O) groups excluding carboxylic acids is 3. The van der Waals surface area contributed by atoms with Gasteiger partial charge in [-0.15, -0.1) is 0 Å². The zero-order valence-electron chi connectivity index (χ0n) is 7.95. The summed E-state index contributed by atoms with van der Waals surface area (Å²) in [6, 6.07) is 6.30. The van der Waals surface area contributed by atoms with Crippen molar-refractivity contribution in [2.24, 2.45) is 15.0 Å². The third-order valence-electron chi connectivity index (χ3n) is 1.73. The monoisotopic (exact) mass is 215 g/mol. The van der Waals surface area contributed by atoms with E-state index in [2.05, 4.69) is 15.0 Å². The summed E-state index contributed by atoms with van der Waals surface area (Å²) in [7, 11) is 0. The maximum absolute atomic E-state index is 10.2. The average Bonchev–Trinajstić information content (AvgIpc) is 2.30. The summed E-state index contributed by atoms with van der Waals surface area (Å²) in [5.41, 5.74) is 0.568. The summed E-state index contributed by atoms with van der Waals surface area (Å²) in [5, 5.41) is 0. The zero-order chi connectivity index (χ0) is 11.8. The minimum Gasteiger partial charge on any atom is -0.211 e. The van der Waals surface area contributed by atoms with Gasteiger partial charge in [0.25, 0.3) is 0 Å². The first-order valence-electron chi connectivity index (χ1n) is 4.14. The predicted octanol–water partition coefficient (Wildman–Crippen LogP) is 1.32. The van der Waals surface area contributed by atoms with Gasteiger partial charge in [0.1, 0.15) is 0 Å². The van der Waals surface area contributed by atoms with Crippen molar-refractivity contribution in [3.05, 3.63) is 29.8 Å². The molecule has 0 aliphatic rings. The molecule has 0 unspecified atom stereocenters. The van der Waals surface area contributed by atoms with Gasteiger partial charge in [-0.3, -0.25) is 0 Å². The van der Waals surface area contributed by atoms with Crippen LogP contribution in [0.4, 0.5) is 5.69 Å². The molecule has 0 spiro atoms. The normalized spacial score (nSPS) is 10.2. The zero-order valence-corrected chi connectivity index (χ0v) is 7.95. The molecule has 0 aromatic heterocycles. The van der Waals surface area contributed by atoms with Gasteiger partial charge in [-0.05, 0) is 6.07 Å². The molecule has 0 radical (unpaired) electrons. The molecule has 78 valence electrons. The van der Waals surface area contributed by atoms with Crippen LogP contribution in [0.15, 0.2) is 39.2 Å². The van der Waals surface area contributed by atoms with E-state index in [1.807, 2.05) is 0 Å². The molecule has 1 rings (SSSR count). The highest BCUT2D eigenvalue weighted by molar-refractivity contribution is 5.55. The van der Waals surface area contributed by atoms with E-state index in [-0.39, 0.29) is 5.69 Å². The molecule has 0 bridgehead atoms. The Bertz CT molecular complexity index is 504. The van der Waals surface area contributed by atoms with E-state index in [1.54, 1.807) is 12.1 Å². The molecular formula is C10H5N3O3. The van der Waals surface area contributed by atoms with Gasteiger partial charge in [0, 0.05) is 5.56 Å². The smallest absolute Gasteiger partial charge is 0.211 e. The lowest BCUT2D eigenvalue weighted by molar-refractivity contribution is 0.552. The van der Waals surface area contributed by atoms with Gasteiger partial charge < -0.3 is 0 Å². The molecule has 1 aromatic carbocycles. The van der Waals surface area contributed by atoms with Crippen LogP contribution in [0, 0.1) is 0 Å². The first kappa shape index (κ1) is 11.4. The topological polar surface area (TPSA) is 88.3 Å². The highest BCUT2D eigenvalue weighted by atomic mass is 16.1. The molecule has 0 aliphatic carbocycles. The van der Waals surface area contributed by atoms with Crippen LogP contribution in [0.5, 0.6) is 0 Å². The molecule has 0 amide bonds. The van der Waals surface area contributed by atoms with Crippen molar-refractivity contribution < 1.29 is 14.4 Å². The molecule has 6 heteroatoms. The van der Waals surface area contributed by atoms with E-state index in [4.69, 9.17) is 0 Å². The van der Waals surface area contributed by atoms with Gasteiger partial charge in [0.05, 0.1) is 5.69 Å². The summed E-state index contributed by atoms with van der Waals surface area (Å²) in [4.78, 5) is 40.5. The van der Waals surface area contributed by atoms with Crippen LogP contribution in [0.1, 0.15) is 11.7 Å². The number of nitrogens with zero attached hydrogens (tertiary/aromatic N) is 3. The Kier molecular flexibility index (Phi) is 4.26. The highest BCUT2D eigenvalue weighted by Gasteiger charge is 2.12. The summed E-state index contributed by atoms with van der Waals surface area (Å²) >= 11 is 0. The molecule has 0 saturated heterocycles. The quantitative estimate of drug-likeness (QED) is 0.560. The molecular weight excluding hydrogens is 210 g/mol. The average molecular weight is 215 g/mol. The summed E-state index contributed by atoms with van der Waals surface area (Å²) in [6.45, 7) is 0. The molecule has 0 heterocycles. The van der Waals surface area contributed by atoms with E-state index < -0.39 is 6.17 Å². The van der Waals surface area contributed by atoms with Crippen molar-refractivity contribution in [2.75, 3.05) is 0 Å². The number of isocyanates is 3. The third-order valence-corrected chi connectivity index (χ3v) is 1.73. The number of hydrogen-bond acceptors (Lipinski definition) is 6. The minimum absolute atomic E-state index is 0.237. The van der Waals surface area contributed by atoms with Gasteiger partial charge in [0.2, 0.25) is 18.2 Å². The van der Waals surface area contributed by atoms with Crippen LogP contribution in [0.25, 0.3) is 0 Å². The number of benzene rings is 1. The molecule has 0 fully saturated rings. The fraction of sp³-hybridized carbons (Fsp3) is 0.100. The van der Waals surface area contributed by atoms with Crippen molar-refractivity contribution in [3.8, 4) is 0 Å². The van der Waals surface area contributed by atoms with Gasteiger partial charge in [-0.25, -0.2) is 14.4 Å². The van der Waals surface area contributed by atoms with E-state index in [1.165, 1.54) is 30.4 Å². The van der Waals surface area contributed by atoms with E-state index in [0.29, 0.717) is 5.56 Å². The molecule has 0 aliphatic heterocycles. The van der Waals surface area contributed by atoms with Crippen molar-refractivity contribution in [2.45, 2.75) is 6.17 Å². The second kappa shape index (κ2) is 5.96. The van der Waals surface area contributed by atoms with Crippen LogP contribution in [-0.2, 0) is 14.4 Å². The van der Waals surface area contributed by atoms with Gasteiger partial charge >= 0.3 is 0 Å². The molecule has 1 aromatic rings. The standard InChI is InChI=1S/C10H5N3O3/c14-5-11-9-4-2-1-3-8(9)10(12-6-15)13-7-16/h1-4,10H. The maximum atomic E-state index is 10.2. The van der Waals surface area contributed by atoms with E-state index in [9.17, 15) is 14.4 Å². The summed E-state index contributed by atoms with van der Waals surface area (Å²) in [5.74, 6) is 0. The second-order valence-electron chi connectivity index (χ2n) is 2.58. The first-order chi connectivity index (χ1) is 7.83. The Hall–Kier alpha value is -2.64. The van der Waals surface area contributed by atoms with Gasteiger partial charge in [0.15, 0.2) is 6.17 Å². The number of para-hydroxylation sites is 1. The lowest BCUT2D eigenvalue weighted by Gasteiger charge is -2.05. The van der Waals surface area contributed by atoms with E-state index in [0.717, 1.165) is 0 Å². The number of rotatable bonds is 4. The van der Waals surface area contributed by atoms with Crippen molar-refractivity contribution in [1.29, 1.82) is 0 Å². The van der Waals surface area contributed by atoms with Gasteiger partial charge in [-0.1, -0.05) is 18.2 Å². The van der Waals surface area contributed by atoms with Gasteiger partial charge in [-0.2, -0.15) is 15.0 Å². The van der Waals surface area contributed by atoms with Crippen LogP contribution >= 0.6 is 0 Å². The lowest BCUT2D eigenvalue weighted by Crippen LogP contribution is -1.91. The SMILES string of the molecule is O=C=Nc1ccccc1C(N=C=O)N=C=O. The number of aliphatic imine (C=N–C) groups is 3. The largest absolute Gasteiger partial charge is 0.240 e. The van der Waals surface area contributed by atoms with E-state index >= 15 is 0 Å². The fourth-order valence-electron chi connectivity index (χ4n) is 1.12. The molecule has 0 atom stereocenters. The lowest BCUT2D eigenvalue weighted by atomic mass is 10.1. The third kappa shape index (κ3) is 2.67. The predicted molar refractivity (Wildman–Crippen MR) is 53.2 cm³/mol. The summed E-state index contributed by atoms with van der Waals surface area (Å²) < 4.78 is 0. The Morgan fingerprint density at radius 2 is 1.56 bits per heavy atom. The molecule has 0 saturated carbocycles. The Morgan fingerprint density at radius 1 is 0.938 bits per heavy atom. The van der Waals surface area contributed by atoms with Crippen LogP contribution in [-0.4, -0.2) is 18.2 Å². The first-order valence-corrected chi connectivity index (χ1v) is 4.14. The Balaban J connectivity index is 3.32. The maximum Gasteiger partial charge on any atom is 0.240 e. The van der Waals surface area contributed by atoms with Crippen molar-refractivity contribution in [3.63, 3.8) is 0 Å². The second-order valence-corrected chi connectivity index (χ2v) is 2.58. The van der Waals surface area contributed by atoms with Crippen molar-refractivity contribution in [1.82, 2.24) is 0 Å². The van der Waals surface area contributed by atoms with Crippen LogP contribution in [0.2, 0.25) is 0 Å². The van der Waals surface area contributed by atoms with Crippen molar-refractivity contribution >= 4 is 23.9 Å². The Morgan fingerprint density at radius 3 is 2.12 bits per heavy atom.